The number of nitrogens with one attached hydrogen (secondary N) is 2. The van der Waals surface area contributed by atoms with E-state index in [0.29, 0.717) is 46.1 Å². The summed E-state index contributed by atoms with van der Waals surface area (Å²) in [6, 6.07) is 15.0. The number of methoxy groups -OCH3 is 3. The number of hydrogen-bond donors (Lipinski definition) is 2. The lowest BCUT2D eigenvalue weighted by Gasteiger charge is -2.15. The number of anilines is 2. The fourth-order valence-corrected chi connectivity index (χ4v) is 3.21. The van der Waals surface area contributed by atoms with Crippen molar-refractivity contribution in [2.45, 2.75) is 6.92 Å². The molecule has 2 aromatic heterocycles. The topological polar surface area (TPSA) is 122 Å². The van der Waals surface area contributed by atoms with E-state index in [2.05, 4.69) is 25.9 Å². The van der Waals surface area contributed by atoms with Crippen molar-refractivity contribution in [2.24, 2.45) is 0 Å². The molecule has 0 atom stereocenters. The van der Waals surface area contributed by atoms with E-state index in [1.807, 2.05) is 19.2 Å². The third kappa shape index (κ3) is 5.58. The monoisotopic (exact) mass is 476 g/mol. The number of ether oxygens (including phenoxy) is 4. The van der Waals surface area contributed by atoms with Crippen LogP contribution in [0.1, 0.15) is 5.69 Å². The number of amides is 2. The van der Waals surface area contributed by atoms with Gasteiger partial charge in [0.15, 0.2) is 17.3 Å². The van der Waals surface area contributed by atoms with Gasteiger partial charge in [-0.05, 0) is 43.3 Å². The molecule has 0 aliphatic carbocycles. The van der Waals surface area contributed by atoms with Gasteiger partial charge in [0.25, 0.3) is 0 Å². The number of aryl methyl sites for hydroxylation is 1. The van der Waals surface area contributed by atoms with Crippen LogP contribution in [-0.2, 0) is 0 Å². The van der Waals surface area contributed by atoms with E-state index < -0.39 is 6.03 Å². The van der Waals surface area contributed by atoms with Crippen LogP contribution < -0.4 is 29.6 Å². The van der Waals surface area contributed by atoms with Gasteiger partial charge in [0.05, 0.1) is 32.7 Å². The zero-order valence-corrected chi connectivity index (χ0v) is 19.6. The molecule has 11 nitrogen and oxygen atoms in total. The zero-order valence-electron chi connectivity index (χ0n) is 19.6. The number of benzene rings is 2. The van der Waals surface area contributed by atoms with Crippen LogP contribution in [0.5, 0.6) is 28.9 Å². The molecule has 4 aromatic rings. The molecule has 0 fully saturated rings. The SMILES string of the molecule is COc1cc(NC(=O)Nc2ccc(Oc3ccc(-n4ccc(C)n4)nn3)cc2)cc(OC)c1OC. The lowest BCUT2D eigenvalue weighted by molar-refractivity contribution is 0.262. The molecule has 35 heavy (non-hydrogen) atoms. The third-order valence-electron chi connectivity index (χ3n) is 4.84. The maximum atomic E-state index is 12.5. The Bertz CT molecular complexity index is 1280. The van der Waals surface area contributed by atoms with Crippen molar-refractivity contribution in [1.82, 2.24) is 20.0 Å². The van der Waals surface area contributed by atoms with Crippen molar-refractivity contribution in [2.75, 3.05) is 32.0 Å². The van der Waals surface area contributed by atoms with Gasteiger partial charge in [-0.25, -0.2) is 9.48 Å². The van der Waals surface area contributed by atoms with Gasteiger partial charge in [-0.15, -0.1) is 10.2 Å². The minimum atomic E-state index is -0.441. The number of rotatable bonds is 8. The van der Waals surface area contributed by atoms with Crippen LogP contribution in [0, 0.1) is 6.92 Å². The Morgan fingerprint density at radius 1 is 0.829 bits per heavy atom. The minimum Gasteiger partial charge on any atom is -0.493 e. The zero-order chi connectivity index (χ0) is 24.8. The van der Waals surface area contributed by atoms with Crippen molar-refractivity contribution >= 4 is 17.4 Å². The molecule has 0 bridgehead atoms. The van der Waals surface area contributed by atoms with E-state index in [9.17, 15) is 4.79 Å². The Hall–Kier alpha value is -4.80. The summed E-state index contributed by atoms with van der Waals surface area (Å²) in [7, 11) is 4.52. The van der Waals surface area contributed by atoms with Gasteiger partial charge in [-0.3, -0.25) is 0 Å². The average molecular weight is 476 g/mol. The van der Waals surface area contributed by atoms with Gasteiger partial charge < -0.3 is 29.6 Å². The van der Waals surface area contributed by atoms with E-state index in [1.54, 1.807) is 53.2 Å². The first kappa shape index (κ1) is 23.4. The molecule has 2 N–H and O–H groups in total. The van der Waals surface area contributed by atoms with Crippen molar-refractivity contribution in [3.05, 3.63) is 66.5 Å². The molecule has 0 aliphatic rings. The molecule has 2 aromatic carbocycles. The molecule has 0 radical (unpaired) electrons. The first-order valence-corrected chi connectivity index (χ1v) is 10.5. The fraction of sp³-hybridized carbons (Fsp3) is 0.167. The van der Waals surface area contributed by atoms with Gasteiger partial charge in [-0.2, -0.15) is 5.10 Å². The van der Waals surface area contributed by atoms with Gasteiger partial charge >= 0.3 is 6.03 Å². The number of carbonyl (C=O) groups excluding carboxylic acids is 1. The Morgan fingerprint density at radius 3 is 2.06 bits per heavy atom. The highest BCUT2D eigenvalue weighted by Crippen LogP contribution is 2.40. The molecule has 0 saturated carbocycles. The van der Waals surface area contributed by atoms with Gasteiger partial charge in [0, 0.05) is 30.1 Å². The summed E-state index contributed by atoms with van der Waals surface area (Å²) in [6.07, 6.45) is 1.81. The lowest BCUT2D eigenvalue weighted by atomic mass is 10.2. The molecule has 11 heteroatoms. The Labute approximate surface area is 201 Å². The highest BCUT2D eigenvalue weighted by atomic mass is 16.5. The molecule has 2 heterocycles. The van der Waals surface area contributed by atoms with E-state index in [1.165, 1.54) is 21.3 Å². The van der Waals surface area contributed by atoms with Crippen LogP contribution in [0.4, 0.5) is 16.2 Å². The highest BCUT2D eigenvalue weighted by molar-refractivity contribution is 6.00. The summed E-state index contributed by atoms with van der Waals surface area (Å²) < 4.78 is 23.3. The first-order valence-electron chi connectivity index (χ1n) is 10.5. The van der Waals surface area contributed by atoms with Crippen molar-refractivity contribution in [1.29, 1.82) is 0 Å². The number of carbonyl (C=O) groups is 1. The normalized spacial score (nSPS) is 10.4. The standard InChI is InChI=1S/C24H24N6O5/c1-15-11-12-30(29-15)21-9-10-22(28-27-21)35-18-7-5-16(6-8-18)25-24(31)26-17-13-19(32-2)23(34-4)20(14-17)33-3/h5-14H,1-4H3,(H2,25,26,31). The van der Waals surface area contributed by atoms with Crippen molar-refractivity contribution in [3.63, 3.8) is 0 Å². The van der Waals surface area contributed by atoms with E-state index >= 15 is 0 Å². The number of aromatic nitrogens is 4. The lowest BCUT2D eigenvalue weighted by Crippen LogP contribution is -2.19. The molecule has 180 valence electrons. The minimum absolute atomic E-state index is 0.332. The Kier molecular flexibility index (Phi) is 6.96. The summed E-state index contributed by atoms with van der Waals surface area (Å²) >= 11 is 0. The van der Waals surface area contributed by atoms with Crippen LogP contribution >= 0.6 is 0 Å². The van der Waals surface area contributed by atoms with E-state index in [-0.39, 0.29) is 0 Å². The van der Waals surface area contributed by atoms with Crippen molar-refractivity contribution < 1.29 is 23.7 Å². The smallest absolute Gasteiger partial charge is 0.323 e. The number of nitrogens with zero attached hydrogens (tertiary/aromatic N) is 4. The molecule has 4 rings (SSSR count). The predicted octanol–water partition coefficient (Wildman–Crippen LogP) is 4.43. The molecular weight excluding hydrogens is 452 g/mol. The van der Waals surface area contributed by atoms with Crippen molar-refractivity contribution in [3.8, 4) is 34.7 Å². The predicted molar refractivity (Wildman–Crippen MR) is 129 cm³/mol. The highest BCUT2D eigenvalue weighted by Gasteiger charge is 2.14. The average Bonchev–Trinajstić information content (AvgIpc) is 3.31. The summed E-state index contributed by atoms with van der Waals surface area (Å²) in [4.78, 5) is 12.5. The second-order valence-corrected chi connectivity index (χ2v) is 7.25. The molecular formula is C24H24N6O5. The van der Waals surface area contributed by atoms with Crippen LogP contribution in [0.3, 0.4) is 0 Å². The largest absolute Gasteiger partial charge is 0.493 e. The summed E-state index contributed by atoms with van der Waals surface area (Å²) in [5.41, 5.74) is 1.93. The maximum absolute atomic E-state index is 12.5. The second kappa shape index (κ2) is 10.4. The third-order valence-corrected chi connectivity index (χ3v) is 4.84. The Balaban J connectivity index is 1.36. The molecule has 0 saturated heterocycles. The van der Waals surface area contributed by atoms with Crippen LogP contribution in [0.15, 0.2) is 60.8 Å². The Morgan fingerprint density at radius 2 is 1.51 bits per heavy atom. The molecule has 2 amide bonds. The van der Waals surface area contributed by atoms with Gasteiger partial charge in [0.2, 0.25) is 11.6 Å². The number of hydrogen-bond acceptors (Lipinski definition) is 8. The fourth-order valence-electron chi connectivity index (χ4n) is 3.21. The molecule has 0 spiro atoms. The van der Waals surface area contributed by atoms with E-state index in [0.717, 1.165) is 5.69 Å². The van der Waals surface area contributed by atoms with Gasteiger partial charge in [0.1, 0.15) is 5.75 Å². The molecule has 0 unspecified atom stereocenters. The van der Waals surface area contributed by atoms with Crippen LogP contribution in [-0.4, -0.2) is 47.3 Å². The van der Waals surface area contributed by atoms with E-state index in [4.69, 9.17) is 18.9 Å². The van der Waals surface area contributed by atoms with Crippen LogP contribution in [0.2, 0.25) is 0 Å². The quantitative estimate of drug-likeness (QED) is 0.383. The first-order chi connectivity index (χ1) is 17.0. The van der Waals surface area contributed by atoms with Crippen LogP contribution in [0.25, 0.3) is 5.82 Å². The second-order valence-electron chi connectivity index (χ2n) is 7.25. The summed E-state index contributed by atoms with van der Waals surface area (Å²) in [5, 5.41) is 18.0. The summed E-state index contributed by atoms with van der Waals surface area (Å²) in [5.74, 6) is 2.76. The summed E-state index contributed by atoms with van der Waals surface area (Å²) in [6.45, 7) is 1.90. The molecule has 0 aliphatic heterocycles. The maximum Gasteiger partial charge on any atom is 0.323 e. The van der Waals surface area contributed by atoms with Gasteiger partial charge in [-0.1, -0.05) is 0 Å². The number of urea groups is 1.